The first-order chi connectivity index (χ1) is 8.36. The summed E-state index contributed by atoms with van der Waals surface area (Å²) in [6.45, 7) is 6.85. The van der Waals surface area contributed by atoms with Crippen LogP contribution in [0.1, 0.15) is 44.7 Å². The topological polar surface area (TPSA) is 16.1 Å². The molecule has 0 spiro atoms. The Balaban J connectivity index is 2.24. The lowest BCUT2D eigenvalue weighted by Crippen LogP contribution is -2.33. The Morgan fingerprint density at radius 2 is 2.29 bits per heavy atom. The number of hydrogen-bond donors (Lipinski definition) is 0. The number of likely N-dealkylation sites (tertiary alicyclic amines) is 1. The normalized spacial score (nSPS) is 21.6. The highest BCUT2D eigenvalue weighted by Crippen LogP contribution is 2.35. The van der Waals surface area contributed by atoms with Gasteiger partial charge in [0.05, 0.1) is 0 Å². The van der Waals surface area contributed by atoms with Crippen molar-refractivity contribution in [1.82, 2.24) is 9.88 Å². The molecule has 0 radical (unpaired) electrons. The molecular weight excluding hydrogens is 228 g/mol. The highest BCUT2D eigenvalue weighted by molar-refractivity contribution is 7.99. The maximum atomic E-state index is 4.55. The van der Waals surface area contributed by atoms with Crippen molar-refractivity contribution in [3.63, 3.8) is 0 Å². The number of hydrogen-bond acceptors (Lipinski definition) is 3. The summed E-state index contributed by atoms with van der Waals surface area (Å²) in [4.78, 5) is 7.15. The van der Waals surface area contributed by atoms with Crippen molar-refractivity contribution in [1.29, 1.82) is 0 Å². The predicted molar refractivity (Wildman–Crippen MR) is 74.5 cm³/mol. The fourth-order valence-corrected chi connectivity index (χ4v) is 3.42. The monoisotopic (exact) mass is 250 g/mol. The Labute approximate surface area is 109 Å². The molecule has 17 heavy (non-hydrogen) atoms. The molecule has 94 valence electrons. The maximum absolute atomic E-state index is 4.55. The van der Waals surface area contributed by atoms with Crippen LogP contribution in [-0.4, -0.2) is 28.7 Å². The third kappa shape index (κ3) is 3.02. The summed E-state index contributed by atoms with van der Waals surface area (Å²) in [5.41, 5.74) is 1.45. The molecule has 1 aromatic heterocycles. The van der Waals surface area contributed by atoms with E-state index in [0.717, 1.165) is 12.3 Å². The number of pyridine rings is 1. The van der Waals surface area contributed by atoms with Gasteiger partial charge in [-0.15, -0.1) is 11.8 Å². The largest absolute Gasteiger partial charge is 0.297 e. The minimum absolute atomic E-state index is 0.594. The van der Waals surface area contributed by atoms with Crippen LogP contribution in [0.3, 0.4) is 0 Å². The molecule has 1 saturated heterocycles. The van der Waals surface area contributed by atoms with Crippen LogP contribution in [0.2, 0.25) is 0 Å². The Bertz CT molecular complexity index is 354. The number of rotatable bonds is 4. The molecule has 2 rings (SSSR count). The van der Waals surface area contributed by atoms with Gasteiger partial charge >= 0.3 is 0 Å². The van der Waals surface area contributed by atoms with Crippen molar-refractivity contribution < 1.29 is 0 Å². The van der Waals surface area contributed by atoms with Crippen LogP contribution in [-0.2, 0) is 0 Å². The molecule has 1 fully saturated rings. The summed E-state index contributed by atoms with van der Waals surface area (Å²) in [6.07, 6.45) is 5.91. The van der Waals surface area contributed by atoms with Gasteiger partial charge in [-0.1, -0.05) is 26.3 Å². The molecule has 2 nitrogen and oxygen atoms in total. The fraction of sp³-hybridized carbons (Fsp3) is 0.643. The van der Waals surface area contributed by atoms with Crippen LogP contribution < -0.4 is 0 Å². The Morgan fingerprint density at radius 1 is 1.41 bits per heavy atom. The van der Waals surface area contributed by atoms with E-state index in [9.17, 15) is 0 Å². The SMILES string of the molecule is CCSc1ncccc1[C@H]1CCCCN1CC. The molecule has 1 aliphatic rings. The van der Waals surface area contributed by atoms with E-state index >= 15 is 0 Å². The van der Waals surface area contributed by atoms with Gasteiger partial charge < -0.3 is 0 Å². The van der Waals surface area contributed by atoms with E-state index in [1.54, 1.807) is 0 Å². The zero-order valence-electron chi connectivity index (χ0n) is 10.9. The van der Waals surface area contributed by atoms with E-state index in [4.69, 9.17) is 0 Å². The summed E-state index contributed by atoms with van der Waals surface area (Å²) >= 11 is 1.87. The molecule has 3 heteroatoms. The third-order valence-electron chi connectivity index (χ3n) is 3.46. The first-order valence-corrected chi connectivity index (χ1v) is 7.67. The van der Waals surface area contributed by atoms with Crippen LogP contribution in [0.25, 0.3) is 0 Å². The van der Waals surface area contributed by atoms with Crippen molar-refractivity contribution in [2.24, 2.45) is 0 Å². The van der Waals surface area contributed by atoms with Crippen LogP contribution >= 0.6 is 11.8 Å². The number of piperidine rings is 1. The second kappa shape index (κ2) is 6.41. The number of thioether (sulfide) groups is 1. The van der Waals surface area contributed by atoms with Gasteiger partial charge in [0.1, 0.15) is 5.03 Å². The van der Waals surface area contributed by atoms with E-state index in [1.807, 2.05) is 18.0 Å². The Hall–Kier alpha value is -0.540. The molecule has 1 aliphatic heterocycles. The second-order valence-electron chi connectivity index (χ2n) is 4.47. The zero-order chi connectivity index (χ0) is 12.1. The van der Waals surface area contributed by atoms with Gasteiger partial charge in [0.15, 0.2) is 0 Å². The minimum atomic E-state index is 0.594. The molecule has 0 amide bonds. The van der Waals surface area contributed by atoms with Crippen molar-refractivity contribution in [2.75, 3.05) is 18.8 Å². The van der Waals surface area contributed by atoms with Crippen molar-refractivity contribution in [3.05, 3.63) is 23.9 Å². The number of aromatic nitrogens is 1. The molecule has 0 aliphatic carbocycles. The van der Waals surface area contributed by atoms with Crippen molar-refractivity contribution in [2.45, 2.75) is 44.2 Å². The summed E-state index contributed by atoms with van der Waals surface area (Å²) < 4.78 is 0. The summed E-state index contributed by atoms with van der Waals surface area (Å²) in [7, 11) is 0. The molecule has 0 N–H and O–H groups in total. The third-order valence-corrected chi connectivity index (χ3v) is 4.36. The Morgan fingerprint density at radius 3 is 3.06 bits per heavy atom. The van der Waals surface area contributed by atoms with Crippen LogP contribution in [0.4, 0.5) is 0 Å². The predicted octanol–water partition coefficient (Wildman–Crippen LogP) is 3.74. The Kier molecular flexibility index (Phi) is 4.86. The molecule has 0 bridgehead atoms. The molecule has 1 atom stereocenters. The van der Waals surface area contributed by atoms with E-state index in [0.29, 0.717) is 6.04 Å². The highest BCUT2D eigenvalue weighted by atomic mass is 32.2. The first-order valence-electron chi connectivity index (χ1n) is 6.68. The molecule has 2 heterocycles. The van der Waals surface area contributed by atoms with Gasteiger partial charge in [0, 0.05) is 17.8 Å². The van der Waals surface area contributed by atoms with E-state index in [2.05, 4.69) is 35.9 Å². The summed E-state index contributed by atoms with van der Waals surface area (Å²) in [6, 6.07) is 4.94. The lowest BCUT2D eigenvalue weighted by atomic mass is 9.96. The smallest absolute Gasteiger partial charge is 0.101 e. The van der Waals surface area contributed by atoms with Crippen molar-refractivity contribution in [3.8, 4) is 0 Å². The summed E-state index contributed by atoms with van der Waals surface area (Å²) in [5.74, 6) is 1.10. The summed E-state index contributed by atoms with van der Waals surface area (Å²) in [5, 5.41) is 1.24. The van der Waals surface area contributed by atoms with E-state index in [-0.39, 0.29) is 0 Å². The molecular formula is C14H22N2S. The van der Waals surface area contributed by atoms with Gasteiger partial charge in [-0.05, 0) is 37.8 Å². The van der Waals surface area contributed by atoms with E-state index < -0.39 is 0 Å². The van der Waals surface area contributed by atoms with Gasteiger partial charge in [-0.2, -0.15) is 0 Å². The lowest BCUT2D eigenvalue weighted by Gasteiger charge is -2.35. The molecule has 0 saturated carbocycles. The second-order valence-corrected chi connectivity index (χ2v) is 5.72. The molecule has 0 aromatic carbocycles. The minimum Gasteiger partial charge on any atom is -0.297 e. The maximum Gasteiger partial charge on any atom is 0.101 e. The number of nitrogens with zero attached hydrogens (tertiary/aromatic N) is 2. The fourth-order valence-electron chi connectivity index (χ4n) is 2.64. The zero-order valence-corrected chi connectivity index (χ0v) is 11.7. The van der Waals surface area contributed by atoms with Crippen molar-refractivity contribution >= 4 is 11.8 Å². The van der Waals surface area contributed by atoms with Gasteiger partial charge in [-0.3, -0.25) is 4.90 Å². The van der Waals surface area contributed by atoms with E-state index in [1.165, 1.54) is 36.4 Å². The quantitative estimate of drug-likeness (QED) is 0.757. The average Bonchev–Trinajstić information content (AvgIpc) is 2.40. The van der Waals surface area contributed by atoms with Gasteiger partial charge in [-0.25, -0.2) is 4.98 Å². The lowest BCUT2D eigenvalue weighted by molar-refractivity contribution is 0.154. The standard InChI is InChI=1S/C14H22N2S/c1-3-16-11-6-5-9-13(16)12-8-7-10-15-14(12)17-4-2/h7-8,10,13H,3-6,9,11H2,1-2H3/t13-/m1/s1. The highest BCUT2D eigenvalue weighted by Gasteiger charge is 2.24. The van der Waals surface area contributed by atoms with Crippen LogP contribution in [0, 0.1) is 0 Å². The molecule has 1 aromatic rings. The van der Waals surface area contributed by atoms with Crippen LogP contribution in [0.5, 0.6) is 0 Å². The first kappa shape index (κ1) is 12.9. The molecule has 0 unspecified atom stereocenters. The van der Waals surface area contributed by atoms with Gasteiger partial charge in [0.2, 0.25) is 0 Å². The van der Waals surface area contributed by atoms with Crippen LogP contribution in [0.15, 0.2) is 23.4 Å². The average molecular weight is 250 g/mol. The van der Waals surface area contributed by atoms with Gasteiger partial charge in [0.25, 0.3) is 0 Å².